The van der Waals surface area contributed by atoms with Gasteiger partial charge in [0.15, 0.2) is 0 Å². The average molecular weight is 280 g/mol. The van der Waals surface area contributed by atoms with E-state index in [0.717, 1.165) is 17.7 Å². The Hall–Kier alpha value is -1.62. The highest BCUT2D eigenvalue weighted by Crippen LogP contribution is 2.13. The van der Waals surface area contributed by atoms with Gasteiger partial charge in [-0.1, -0.05) is 6.07 Å². The van der Waals surface area contributed by atoms with Crippen LogP contribution >= 0.6 is 11.3 Å². The number of carbonyl (C=O) groups is 2. The van der Waals surface area contributed by atoms with E-state index in [2.05, 4.69) is 10.6 Å². The van der Waals surface area contributed by atoms with Crippen molar-refractivity contribution in [2.75, 3.05) is 13.1 Å². The van der Waals surface area contributed by atoms with Gasteiger partial charge in [0, 0.05) is 30.5 Å². The van der Waals surface area contributed by atoms with Gasteiger partial charge in [0.2, 0.25) is 11.8 Å². The fourth-order valence-corrected chi connectivity index (χ4v) is 2.22. The van der Waals surface area contributed by atoms with Crippen molar-refractivity contribution in [1.29, 1.82) is 0 Å². The topological polar surface area (TPSA) is 58.2 Å². The van der Waals surface area contributed by atoms with Gasteiger partial charge in [-0.3, -0.25) is 9.59 Å². The molecular formula is C14H20N2O2S. The van der Waals surface area contributed by atoms with Crippen LogP contribution in [0.4, 0.5) is 0 Å². The second-order valence-electron chi connectivity index (χ2n) is 4.29. The largest absolute Gasteiger partial charge is 0.356 e. The van der Waals surface area contributed by atoms with E-state index in [9.17, 15) is 9.59 Å². The van der Waals surface area contributed by atoms with Gasteiger partial charge in [0.25, 0.3) is 0 Å². The van der Waals surface area contributed by atoms with Crippen LogP contribution in [0.3, 0.4) is 0 Å². The molecule has 0 atom stereocenters. The first-order valence-corrected chi connectivity index (χ1v) is 7.22. The van der Waals surface area contributed by atoms with Crippen molar-refractivity contribution < 1.29 is 9.59 Å². The third kappa shape index (κ3) is 6.76. The normalized spacial score (nSPS) is 11.2. The molecule has 0 saturated heterocycles. The number of thiophene rings is 1. The van der Waals surface area contributed by atoms with E-state index in [1.165, 1.54) is 6.92 Å². The Morgan fingerprint density at radius 1 is 1.21 bits per heavy atom. The van der Waals surface area contributed by atoms with Crippen molar-refractivity contribution in [1.82, 2.24) is 10.6 Å². The van der Waals surface area contributed by atoms with Crippen LogP contribution in [0.25, 0.3) is 6.08 Å². The molecular weight excluding hydrogens is 260 g/mol. The van der Waals surface area contributed by atoms with Crippen LogP contribution in [0.2, 0.25) is 0 Å². The van der Waals surface area contributed by atoms with E-state index in [1.54, 1.807) is 11.3 Å². The summed E-state index contributed by atoms with van der Waals surface area (Å²) in [6.07, 6.45) is 3.61. The van der Waals surface area contributed by atoms with Crippen LogP contribution in [0.1, 0.15) is 31.6 Å². The molecule has 0 radical (unpaired) electrons. The highest BCUT2D eigenvalue weighted by Gasteiger charge is 2.03. The highest BCUT2D eigenvalue weighted by atomic mass is 32.1. The van der Waals surface area contributed by atoms with Crippen molar-refractivity contribution in [3.8, 4) is 0 Å². The Balaban J connectivity index is 2.19. The molecule has 0 aliphatic rings. The molecule has 0 aliphatic carbocycles. The molecule has 1 aromatic rings. The van der Waals surface area contributed by atoms with E-state index in [0.29, 0.717) is 18.7 Å². The van der Waals surface area contributed by atoms with Crippen molar-refractivity contribution in [3.05, 3.63) is 28.0 Å². The molecule has 1 rings (SSSR count). The summed E-state index contributed by atoms with van der Waals surface area (Å²) in [6.45, 7) is 4.61. The van der Waals surface area contributed by atoms with E-state index < -0.39 is 0 Å². The van der Waals surface area contributed by atoms with Crippen LogP contribution in [-0.4, -0.2) is 24.9 Å². The molecule has 0 saturated carbocycles. The molecule has 1 aromatic heterocycles. The molecule has 2 N–H and O–H groups in total. The van der Waals surface area contributed by atoms with Gasteiger partial charge in [0.05, 0.1) is 0 Å². The maximum atomic E-state index is 11.8. The molecule has 19 heavy (non-hydrogen) atoms. The second kappa shape index (κ2) is 8.48. The Labute approximate surface area is 117 Å². The zero-order chi connectivity index (χ0) is 14.1. The lowest BCUT2D eigenvalue weighted by Crippen LogP contribution is -2.26. The van der Waals surface area contributed by atoms with Crippen LogP contribution in [0.15, 0.2) is 23.1 Å². The lowest BCUT2D eigenvalue weighted by atomic mass is 10.2. The fourth-order valence-electron chi connectivity index (χ4n) is 1.51. The first-order chi connectivity index (χ1) is 9.09. The van der Waals surface area contributed by atoms with Crippen molar-refractivity contribution in [2.24, 2.45) is 0 Å². The molecule has 4 nitrogen and oxygen atoms in total. The molecule has 0 unspecified atom stereocenters. The van der Waals surface area contributed by atoms with Gasteiger partial charge in [-0.25, -0.2) is 0 Å². The summed E-state index contributed by atoms with van der Waals surface area (Å²) in [7, 11) is 0. The van der Waals surface area contributed by atoms with Crippen molar-refractivity contribution >= 4 is 29.2 Å². The smallest absolute Gasteiger partial charge is 0.246 e. The van der Waals surface area contributed by atoms with Crippen molar-refractivity contribution in [3.63, 3.8) is 0 Å². The van der Waals surface area contributed by atoms with Gasteiger partial charge in [-0.05, 0) is 37.3 Å². The highest BCUT2D eigenvalue weighted by molar-refractivity contribution is 7.10. The fraction of sp³-hybridized carbons (Fsp3) is 0.429. The van der Waals surface area contributed by atoms with Gasteiger partial charge < -0.3 is 10.6 Å². The Bertz CT molecular complexity index is 438. The summed E-state index contributed by atoms with van der Waals surface area (Å²) in [5, 5.41) is 7.58. The summed E-state index contributed by atoms with van der Waals surface area (Å²) < 4.78 is 0. The number of amides is 2. The van der Waals surface area contributed by atoms with E-state index in [4.69, 9.17) is 0 Å². The molecule has 0 spiro atoms. The Morgan fingerprint density at radius 3 is 2.47 bits per heavy atom. The number of carbonyl (C=O) groups excluding carboxylic acids is 2. The van der Waals surface area contributed by atoms with Crippen LogP contribution in [-0.2, 0) is 9.59 Å². The van der Waals surface area contributed by atoms with Crippen LogP contribution < -0.4 is 10.6 Å². The molecule has 5 heteroatoms. The third-order valence-corrected chi connectivity index (χ3v) is 3.34. The molecule has 2 amide bonds. The van der Waals surface area contributed by atoms with E-state index >= 15 is 0 Å². The Kier molecular flexibility index (Phi) is 6.89. The molecule has 104 valence electrons. The minimum Gasteiger partial charge on any atom is -0.356 e. The van der Waals surface area contributed by atoms with Crippen LogP contribution in [0.5, 0.6) is 0 Å². The second-order valence-corrected chi connectivity index (χ2v) is 5.27. The number of rotatable bonds is 7. The summed E-state index contributed by atoms with van der Waals surface area (Å²) >= 11 is 1.61. The predicted molar refractivity (Wildman–Crippen MR) is 78.9 cm³/mol. The summed E-state index contributed by atoms with van der Waals surface area (Å²) in [5.74, 6) is -0.0494. The lowest BCUT2D eigenvalue weighted by molar-refractivity contribution is -0.119. The molecule has 1 heterocycles. The van der Waals surface area contributed by atoms with Crippen molar-refractivity contribution in [2.45, 2.75) is 26.7 Å². The molecule has 0 aliphatic heterocycles. The zero-order valence-electron chi connectivity index (χ0n) is 11.4. The van der Waals surface area contributed by atoms with Gasteiger partial charge in [0.1, 0.15) is 0 Å². The Morgan fingerprint density at radius 2 is 1.89 bits per heavy atom. The average Bonchev–Trinajstić information content (AvgIpc) is 2.85. The van der Waals surface area contributed by atoms with E-state index in [1.807, 2.05) is 30.5 Å². The number of hydrogen-bond acceptors (Lipinski definition) is 3. The number of unbranched alkanes of at least 4 members (excludes halogenated alkanes) is 1. The van der Waals surface area contributed by atoms with Gasteiger partial charge in [-0.15, -0.1) is 11.3 Å². The number of nitrogens with one attached hydrogen (secondary N) is 2. The summed E-state index contributed by atoms with van der Waals surface area (Å²) in [4.78, 5) is 23.5. The quantitative estimate of drug-likeness (QED) is 0.594. The molecule has 0 fully saturated rings. The molecule has 0 bridgehead atoms. The maximum absolute atomic E-state index is 11.8. The van der Waals surface area contributed by atoms with E-state index in [-0.39, 0.29) is 11.8 Å². The zero-order valence-corrected chi connectivity index (χ0v) is 12.2. The van der Waals surface area contributed by atoms with Gasteiger partial charge in [-0.2, -0.15) is 0 Å². The SMILES string of the molecule is CC(=O)NCCCCNC(=O)/C(C)=C/c1cccs1. The minimum atomic E-state index is -0.0343. The third-order valence-electron chi connectivity index (χ3n) is 2.52. The summed E-state index contributed by atoms with van der Waals surface area (Å²) in [5.41, 5.74) is 0.712. The number of hydrogen-bond donors (Lipinski definition) is 2. The minimum absolute atomic E-state index is 0.0150. The maximum Gasteiger partial charge on any atom is 0.246 e. The lowest BCUT2D eigenvalue weighted by Gasteiger charge is -2.05. The summed E-state index contributed by atoms with van der Waals surface area (Å²) in [6, 6.07) is 3.94. The monoisotopic (exact) mass is 280 g/mol. The first-order valence-electron chi connectivity index (χ1n) is 6.34. The van der Waals surface area contributed by atoms with Gasteiger partial charge >= 0.3 is 0 Å². The standard InChI is InChI=1S/C14H20N2O2S/c1-11(10-13-6-5-9-19-13)14(18)16-8-4-3-7-15-12(2)17/h5-6,9-10H,3-4,7-8H2,1-2H3,(H,15,17)(H,16,18)/b11-10+. The predicted octanol–water partition coefficient (Wildman–Crippen LogP) is 2.18. The first kappa shape index (κ1) is 15.4. The molecule has 0 aromatic carbocycles. The van der Waals surface area contributed by atoms with Crippen LogP contribution in [0, 0.1) is 0 Å².